The summed E-state index contributed by atoms with van der Waals surface area (Å²) < 4.78 is 10.8. The maximum absolute atomic E-state index is 12.6. The van der Waals surface area contributed by atoms with Crippen molar-refractivity contribution >= 4 is 17.3 Å². The first-order valence-corrected chi connectivity index (χ1v) is 9.71. The Morgan fingerprint density at radius 1 is 1.07 bits per heavy atom. The second-order valence-corrected chi connectivity index (χ2v) is 6.99. The van der Waals surface area contributed by atoms with Gasteiger partial charge in [0.2, 0.25) is 5.91 Å². The summed E-state index contributed by atoms with van der Waals surface area (Å²) in [7, 11) is 1.66. The fourth-order valence-corrected chi connectivity index (χ4v) is 3.39. The van der Waals surface area contributed by atoms with Crippen molar-refractivity contribution in [1.82, 2.24) is 5.32 Å². The Morgan fingerprint density at radius 3 is 2.43 bits per heavy atom. The molecular formula is C22H29N3O3. The third-order valence-electron chi connectivity index (χ3n) is 5.01. The quantitative estimate of drug-likeness (QED) is 0.769. The number of morpholine rings is 1. The monoisotopic (exact) mass is 383 g/mol. The SMILES string of the molecule is COc1ccccc1[C@@H](C)N[C@H](C)C(=O)Nc1ccc(N2CCOCC2)cc1. The minimum atomic E-state index is -0.348. The Balaban J connectivity index is 1.56. The summed E-state index contributed by atoms with van der Waals surface area (Å²) in [6.07, 6.45) is 0. The van der Waals surface area contributed by atoms with Crippen LogP contribution in [0.2, 0.25) is 0 Å². The van der Waals surface area contributed by atoms with E-state index in [4.69, 9.17) is 9.47 Å². The van der Waals surface area contributed by atoms with Crippen LogP contribution in [0.5, 0.6) is 5.75 Å². The molecule has 1 saturated heterocycles. The van der Waals surface area contributed by atoms with Crippen LogP contribution in [0.3, 0.4) is 0 Å². The number of anilines is 2. The molecule has 3 rings (SSSR count). The first-order chi connectivity index (χ1) is 13.6. The molecule has 0 aliphatic carbocycles. The molecule has 1 aliphatic rings. The third kappa shape index (κ3) is 5.03. The molecule has 2 N–H and O–H groups in total. The summed E-state index contributed by atoms with van der Waals surface area (Å²) in [5.41, 5.74) is 2.97. The number of hydrogen-bond acceptors (Lipinski definition) is 5. The van der Waals surface area contributed by atoms with E-state index in [1.54, 1.807) is 7.11 Å². The summed E-state index contributed by atoms with van der Waals surface area (Å²) in [5, 5.41) is 6.32. The Morgan fingerprint density at radius 2 is 1.75 bits per heavy atom. The van der Waals surface area contributed by atoms with Crippen molar-refractivity contribution in [3.05, 3.63) is 54.1 Å². The van der Waals surface area contributed by atoms with Gasteiger partial charge in [-0.05, 0) is 44.2 Å². The number of amides is 1. The lowest BCUT2D eigenvalue weighted by Crippen LogP contribution is -2.39. The molecule has 6 heteroatoms. The zero-order valence-corrected chi connectivity index (χ0v) is 16.8. The normalized spacial score (nSPS) is 16.3. The van der Waals surface area contributed by atoms with Gasteiger partial charge in [0.1, 0.15) is 5.75 Å². The summed E-state index contributed by atoms with van der Waals surface area (Å²) in [6.45, 7) is 7.20. The minimum Gasteiger partial charge on any atom is -0.496 e. The number of para-hydroxylation sites is 1. The van der Waals surface area contributed by atoms with Gasteiger partial charge in [0, 0.05) is 36.1 Å². The van der Waals surface area contributed by atoms with E-state index >= 15 is 0 Å². The number of hydrogen-bond donors (Lipinski definition) is 2. The van der Waals surface area contributed by atoms with Crippen molar-refractivity contribution < 1.29 is 14.3 Å². The molecule has 0 unspecified atom stereocenters. The van der Waals surface area contributed by atoms with Crippen molar-refractivity contribution in [1.29, 1.82) is 0 Å². The Labute approximate surface area is 166 Å². The molecule has 6 nitrogen and oxygen atoms in total. The van der Waals surface area contributed by atoms with Crippen LogP contribution in [0.1, 0.15) is 25.5 Å². The highest BCUT2D eigenvalue weighted by molar-refractivity contribution is 5.94. The predicted molar refractivity (Wildman–Crippen MR) is 112 cm³/mol. The van der Waals surface area contributed by atoms with Crippen LogP contribution in [0.15, 0.2) is 48.5 Å². The van der Waals surface area contributed by atoms with Gasteiger partial charge in [0.05, 0.1) is 26.4 Å². The molecule has 1 fully saturated rings. The van der Waals surface area contributed by atoms with Gasteiger partial charge in [-0.1, -0.05) is 18.2 Å². The largest absolute Gasteiger partial charge is 0.496 e. The molecular weight excluding hydrogens is 354 g/mol. The zero-order chi connectivity index (χ0) is 19.9. The van der Waals surface area contributed by atoms with E-state index in [9.17, 15) is 4.79 Å². The van der Waals surface area contributed by atoms with Gasteiger partial charge in [-0.3, -0.25) is 10.1 Å². The molecule has 28 heavy (non-hydrogen) atoms. The Kier molecular flexibility index (Phi) is 6.90. The summed E-state index contributed by atoms with van der Waals surface area (Å²) in [4.78, 5) is 14.9. The van der Waals surface area contributed by atoms with Crippen LogP contribution >= 0.6 is 0 Å². The lowest BCUT2D eigenvalue weighted by molar-refractivity contribution is -0.117. The highest BCUT2D eigenvalue weighted by Gasteiger charge is 2.19. The van der Waals surface area contributed by atoms with Crippen molar-refractivity contribution in [3.8, 4) is 5.75 Å². The molecule has 0 bridgehead atoms. The highest BCUT2D eigenvalue weighted by atomic mass is 16.5. The Hall–Kier alpha value is -2.57. The maximum Gasteiger partial charge on any atom is 0.241 e. The fraction of sp³-hybridized carbons (Fsp3) is 0.409. The minimum absolute atomic E-state index is 0.0133. The van der Waals surface area contributed by atoms with E-state index < -0.39 is 0 Å². The molecule has 2 atom stereocenters. The Bertz CT molecular complexity index is 773. The average molecular weight is 383 g/mol. The molecule has 0 spiro atoms. The molecule has 1 heterocycles. The summed E-state index contributed by atoms with van der Waals surface area (Å²) in [6, 6.07) is 15.4. The van der Waals surface area contributed by atoms with E-state index in [0.717, 1.165) is 49.0 Å². The van der Waals surface area contributed by atoms with Gasteiger partial charge < -0.3 is 19.7 Å². The number of benzene rings is 2. The smallest absolute Gasteiger partial charge is 0.241 e. The molecule has 0 aromatic heterocycles. The van der Waals surface area contributed by atoms with Crippen LogP contribution < -0.4 is 20.3 Å². The van der Waals surface area contributed by atoms with Crippen LogP contribution in [-0.2, 0) is 9.53 Å². The lowest BCUT2D eigenvalue weighted by Gasteiger charge is -2.29. The van der Waals surface area contributed by atoms with E-state index in [1.807, 2.05) is 62.4 Å². The second-order valence-electron chi connectivity index (χ2n) is 6.99. The van der Waals surface area contributed by atoms with E-state index in [0.29, 0.717) is 0 Å². The molecule has 2 aromatic rings. The first-order valence-electron chi connectivity index (χ1n) is 9.71. The van der Waals surface area contributed by atoms with Gasteiger partial charge in [-0.2, -0.15) is 0 Å². The molecule has 0 radical (unpaired) electrons. The molecule has 0 saturated carbocycles. The van der Waals surface area contributed by atoms with Gasteiger partial charge >= 0.3 is 0 Å². The van der Waals surface area contributed by atoms with E-state index in [-0.39, 0.29) is 18.0 Å². The van der Waals surface area contributed by atoms with Crippen molar-refractivity contribution in [2.24, 2.45) is 0 Å². The lowest BCUT2D eigenvalue weighted by atomic mass is 10.1. The topological polar surface area (TPSA) is 62.8 Å². The number of ether oxygens (including phenoxy) is 2. The summed E-state index contributed by atoms with van der Waals surface area (Å²) in [5.74, 6) is 0.745. The number of carbonyl (C=O) groups is 1. The van der Waals surface area contributed by atoms with E-state index in [2.05, 4.69) is 15.5 Å². The third-order valence-corrected chi connectivity index (χ3v) is 5.01. The molecule has 1 aliphatic heterocycles. The van der Waals surface area contributed by atoms with Gasteiger partial charge in [-0.25, -0.2) is 0 Å². The molecule has 2 aromatic carbocycles. The van der Waals surface area contributed by atoms with Crippen LogP contribution in [-0.4, -0.2) is 45.4 Å². The number of nitrogens with zero attached hydrogens (tertiary/aromatic N) is 1. The number of nitrogens with one attached hydrogen (secondary N) is 2. The number of rotatable bonds is 7. The zero-order valence-electron chi connectivity index (χ0n) is 16.8. The average Bonchev–Trinajstić information content (AvgIpc) is 2.74. The number of carbonyl (C=O) groups excluding carboxylic acids is 1. The van der Waals surface area contributed by atoms with Crippen molar-refractivity contribution in [3.63, 3.8) is 0 Å². The van der Waals surface area contributed by atoms with Crippen molar-refractivity contribution in [2.45, 2.75) is 25.9 Å². The standard InChI is InChI=1S/C22H29N3O3/c1-16(20-6-4-5-7-21(20)27-3)23-17(2)22(26)24-18-8-10-19(11-9-18)25-12-14-28-15-13-25/h4-11,16-17,23H,12-15H2,1-3H3,(H,24,26)/t16-,17-/m1/s1. The van der Waals surface area contributed by atoms with Crippen LogP contribution in [0.4, 0.5) is 11.4 Å². The van der Waals surface area contributed by atoms with Crippen LogP contribution in [0.25, 0.3) is 0 Å². The van der Waals surface area contributed by atoms with Gasteiger partial charge in [0.15, 0.2) is 0 Å². The second kappa shape index (κ2) is 9.57. The van der Waals surface area contributed by atoms with Crippen LogP contribution in [0, 0.1) is 0 Å². The van der Waals surface area contributed by atoms with Crippen molar-refractivity contribution in [2.75, 3.05) is 43.6 Å². The fourth-order valence-electron chi connectivity index (χ4n) is 3.39. The molecule has 1 amide bonds. The van der Waals surface area contributed by atoms with E-state index in [1.165, 1.54) is 0 Å². The van der Waals surface area contributed by atoms with Gasteiger partial charge in [-0.15, -0.1) is 0 Å². The summed E-state index contributed by atoms with van der Waals surface area (Å²) >= 11 is 0. The first kappa shape index (κ1) is 20.2. The van der Waals surface area contributed by atoms with Gasteiger partial charge in [0.25, 0.3) is 0 Å². The molecule has 150 valence electrons. The predicted octanol–water partition coefficient (Wildman–Crippen LogP) is 3.21. The number of methoxy groups -OCH3 is 1. The highest BCUT2D eigenvalue weighted by Crippen LogP contribution is 2.25. The maximum atomic E-state index is 12.6.